The Morgan fingerprint density at radius 2 is 1.94 bits per heavy atom. The summed E-state index contributed by atoms with van der Waals surface area (Å²) < 4.78 is 0. The first-order valence-electron chi connectivity index (χ1n) is 5.20. The van der Waals surface area contributed by atoms with Crippen molar-refractivity contribution in [3.63, 3.8) is 0 Å². The summed E-state index contributed by atoms with van der Waals surface area (Å²) in [7, 11) is 0. The van der Waals surface area contributed by atoms with E-state index in [9.17, 15) is 4.79 Å². The summed E-state index contributed by atoms with van der Waals surface area (Å²) in [4.78, 5) is 15.7. The van der Waals surface area contributed by atoms with Crippen LogP contribution >= 0.6 is 11.6 Å². The zero-order valence-corrected chi connectivity index (χ0v) is 9.82. The molecule has 2 aromatic rings. The Morgan fingerprint density at radius 3 is 2.65 bits per heavy atom. The molecule has 1 heterocycles. The van der Waals surface area contributed by atoms with Gasteiger partial charge in [-0.25, -0.2) is 4.98 Å². The highest BCUT2D eigenvalue weighted by Crippen LogP contribution is 2.15. The number of hydrogen-bond donors (Lipinski definition) is 1. The number of pyridine rings is 1. The van der Waals surface area contributed by atoms with E-state index in [1.165, 1.54) is 0 Å². The van der Waals surface area contributed by atoms with Crippen molar-refractivity contribution in [1.82, 2.24) is 4.98 Å². The maximum absolute atomic E-state index is 11.7. The molecule has 0 radical (unpaired) electrons. The third kappa shape index (κ3) is 3.29. The molecular weight excluding hydrogens is 236 g/mol. The lowest BCUT2D eigenvalue weighted by atomic mass is 10.1. The smallest absolute Gasteiger partial charge is 0.230 e. The van der Waals surface area contributed by atoms with Crippen LogP contribution in [0.25, 0.3) is 0 Å². The van der Waals surface area contributed by atoms with Crippen LogP contribution in [0.4, 0.5) is 5.82 Å². The molecule has 0 saturated heterocycles. The highest BCUT2D eigenvalue weighted by Gasteiger charge is 2.06. The number of hydrogen-bond acceptors (Lipinski definition) is 2. The Hall–Kier alpha value is -1.87. The van der Waals surface area contributed by atoms with Crippen LogP contribution in [0.2, 0.25) is 5.02 Å². The molecule has 0 spiro atoms. The van der Waals surface area contributed by atoms with Gasteiger partial charge in [0.2, 0.25) is 5.91 Å². The van der Waals surface area contributed by atoms with E-state index >= 15 is 0 Å². The van der Waals surface area contributed by atoms with Crippen LogP contribution in [0.1, 0.15) is 5.56 Å². The molecule has 0 aliphatic carbocycles. The fourth-order valence-corrected chi connectivity index (χ4v) is 1.64. The van der Waals surface area contributed by atoms with Crippen molar-refractivity contribution in [3.8, 4) is 0 Å². The van der Waals surface area contributed by atoms with E-state index in [2.05, 4.69) is 10.3 Å². The largest absolute Gasteiger partial charge is 0.310 e. The molecule has 86 valence electrons. The van der Waals surface area contributed by atoms with Gasteiger partial charge in [-0.05, 0) is 23.8 Å². The molecule has 1 aromatic carbocycles. The minimum atomic E-state index is -0.128. The third-order valence-electron chi connectivity index (χ3n) is 2.24. The Balaban J connectivity index is 2.01. The lowest BCUT2D eigenvalue weighted by Crippen LogP contribution is -2.15. The molecule has 1 amide bonds. The first kappa shape index (κ1) is 11.6. The number of nitrogens with zero attached hydrogens (tertiary/aromatic N) is 1. The molecule has 0 fully saturated rings. The molecule has 0 saturated carbocycles. The van der Waals surface area contributed by atoms with Gasteiger partial charge in [-0.1, -0.05) is 35.9 Å². The zero-order valence-electron chi connectivity index (χ0n) is 9.06. The van der Waals surface area contributed by atoms with Crippen molar-refractivity contribution >= 4 is 23.3 Å². The van der Waals surface area contributed by atoms with Gasteiger partial charge in [-0.2, -0.15) is 0 Å². The van der Waals surface area contributed by atoms with Gasteiger partial charge < -0.3 is 5.32 Å². The monoisotopic (exact) mass is 246 g/mol. The normalized spacial score (nSPS) is 9.94. The lowest BCUT2D eigenvalue weighted by molar-refractivity contribution is -0.115. The highest BCUT2D eigenvalue weighted by atomic mass is 35.5. The molecule has 0 aliphatic heterocycles. The van der Waals surface area contributed by atoms with Crippen molar-refractivity contribution < 1.29 is 4.79 Å². The second-order valence-electron chi connectivity index (χ2n) is 3.53. The van der Waals surface area contributed by atoms with Crippen LogP contribution in [0.3, 0.4) is 0 Å². The van der Waals surface area contributed by atoms with Gasteiger partial charge in [-0.15, -0.1) is 0 Å². The molecule has 2 rings (SSSR count). The zero-order chi connectivity index (χ0) is 12.1. The van der Waals surface area contributed by atoms with E-state index in [1.807, 2.05) is 24.3 Å². The number of anilines is 1. The van der Waals surface area contributed by atoms with Crippen molar-refractivity contribution in [2.24, 2.45) is 0 Å². The second-order valence-corrected chi connectivity index (χ2v) is 3.94. The fraction of sp³-hybridized carbons (Fsp3) is 0.0769. The van der Waals surface area contributed by atoms with Crippen LogP contribution in [0.15, 0.2) is 48.7 Å². The molecule has 1 N–H and O–H groups in total. The molecule has 17 heavy (non-hydrogen) atoms. The topological polar surface area (TPSA) is 42.0 Å². The average Bonchev–Trinajstić information content (AvgIpc) is 2.33. The number of carbonyl (C=O) groups excluding carboxylic acids is 1. The number of amides is 1. The van der Waals surface area contributed by atoms with Gasteiger partial charge in [0.15, 0.2) is 0 Å². The van der Waals surface area contributed by atoms with E-state index in [1.54, 1.807) is 24.4 Å². The summed E-state index contributed by atoms with van der Waals surface area (Å²) in [5.74, 6) is 0.418. The fourth-order valence-electron chi connectivity index (χ4n) is 1.44. The summed E-state index contributed by atoms with van der Waals surface area (Å²) in [6, 6.07) is 12.6. The van der Waals surface area contributed by atoms with Crippen molar-refractivity contribution in [2.45, 2.75) is 6.42 Å². The molecule has 4 heteroatoms. The van der Waals surface area contributed by atoms with E-state index in [-0.39, 0.29) is 12.3 Å². The van der Waals surface area contributed by atoms with Gasteiger partial charge in [-0.3, -0.25) is 4.79 Å². The van der Waals surface area contributed by atoms with E-state index in [0.717, 1.165) is 5.56 Å². The van der Waals surface area contributed by atoms with Gasteiger partial charge >= 0.3 is 0 Å². The molecule has 0 bridgehead atoms. The maximum Gasteiger partial charge on any atom is 0.230 e. The quantitative estimate of drug-likeness (QED) is 0.905. The molecular formula is C13H11ClN2O. The average molecular weight is 247 g/mol. The third-order valence-corrected chi connectivity index (χ3v) is 2.61. The molecule has 0 aliphatic rings. The molecule has 1 aromatic heterocycles. The first-order valence-corrected chi connectivity index (χ1v) is 5.58. The van der Waals surface area contributed by atoms with Crippen LogP contribution in [-0.2, 0) is 11.2 Å². The minimum absolute atomic E-state index is 0.128. The summed E-state index contributed by atoms with van der Waals surface area (Å²) in [5, 5.41) is 3.31. The number of nitrogens with one attached hydrogen (secondary N) is 1. The molecule has 3 nitrogen and oxygen atoms in total. The van der Waals surface area contributed by atoms with E-state index in [0.29, 0.717) is 10.8 Å². The van der Waals surface area contributed by atoms with Gasteiger partial charge in [0, 0.05) is 11.2 Å². The maximum atomic E-state index is 11.7. The number of benzene rings is 1. The van der Waals surface area contributed by atoms with Crippen LogP contribution in [-0.4, -0.2) is 10.9 Å². The van der Waals surface area contributed by atoms with E-state index < -0.39 is 0 Å². The van der Waals surface area contributed by atoms with Crippen molar-refractivity contribution in [2.75, 3.05) is 5.32 Å². The number of aromatic nitrogens is 1. The Morgan fingerprint density at radius 1 is 1.18 bits per heavy atom. The summed E-state index contributed by atoms with van der Waals surface area (Å²) in [6.07, 6.45) is 1.88. The molecule has 0 unspecified atom stereocenters. The second kappa shape index (κ2) is 5.46. The Labute approximate surface area is 104 Å². The van der Waals surface area contributed by atoms with E-state index in [4.69, 9.17) is 11.6 Å². The summed E-state index contributed by atoms with van der Waals surface area (Å²) in [5.41, 5.74) is 0.808. The van der Waals surface area contributed by atoms with Crippen LogP contribution in [0, 0.1) is 0 Å². The summed E-state index contributed by atoms with van der Waals surface area (Å²) >= 11 is 5.98. The first-order chi connectivity index (χ1) is 8.25. The Bertz CT molecular complexity index is 514. The Kier molecular flexibility index (Phi) is 3.73. The van der Waals surface area contributed by atoms with Crippen LogP contribution < -0.4 is 5.32 Å². The van der Waals surface area contributed by atoms with Gasteiger partial charge in [0.25, 0.3) is 0 Å². The SMILES string of the molecule is O=C(Cc1ccccc1Cl)Nc1ccccn1. The van der Waals surface area contributed by atoms with Gasteiger partial charge in [0.1, 0.15) is 5.82 Å². The number of rotatable bonds is 3. The minimum Gasteiger partial charge on any atom is -0.310 e. The molecule has 0 atom stereocenters. The lowest BCUT2D eigenvalue weighted by Gasteiger charge is -2.05. The predicted octanol–water partition coefficient (Wildman–Crippen LogP) is 2.92. The van der Waals surface area contributed by atoms with Crippen LogP contribution in [0.5, 0.6) is 0 Å². The number of halogens is 1. The van der Waals surface area contributed by atoms with Crippen molar-refractivity contribution in [3.05, 3.63) is 59.2 Å². The highest BCUT2D eigenvalue weighted by molar-refractivity contribution is 6.31. The van der Waals surface area contributed by atoms with Gasteiger partial charge in [0.05, 0.1) is 6.42 Å². The number of carbonyl (C=O) groups is 1. The van der Waals surface area contributed by atoms with Crippen molar-refractivity contribution in [1.29, 1.82) is 0 Å². The summed E-state index contributed by atoms with van der Waals surface area (Å²) in [6.45, 7) is 0. The standard InChI is InChI=1S/C13H11ClN2O/c14-11-6-2-1-5-10(11)9-13(17)16-12-7-3-4-8-15-12/h1-8H,9H2,(H,15,16,17). The predicted molar refractivity (Wildman–Crippen MR) is 68.0 cm³/mol.